The summed E-state index contributed by atoms with van der Waals surface area (Å²) in [5, 5.41) is 0. The van der Waals surface area contributed by atoms with Gasteiger partial charge in [0.25, 0.3) is 0 Å². The fraction of sp³-hybridized carbons (Fsp3) is 0.364. The van der Waals surface area contributed by atoms with Gasteiger partial charge in [0.1, 0.15) is 6.29 Å². The summed E-state index contributed by atoms with van der Waals surface area (Å²) < 4.78 is 4.25. The first-order chi connectivity index (χ1) is 6.79. The molecule has 1 aromatic carbocycles. The zero-order chi connectivity index (χ0) is 10.8. The largest absolute Gasteiger partial charge is 0.388 e. The summed E-state index contributed by atoms with van der Waals surface area (Å²) in [6, 6.07) is 7.67. The van der Waals surface area contributed by atoms with Crippen molar-refractivity contribution in [2.24, 2.45) is 0 Å². The molecule has 14 heavy (non-hydrogen) atoms. The second kappa shape index (κ2) is 8.78. The van der Waals surface area contributed by atoms with Gasteiger partial charge in [0.15, 0.2) is 0 Å². The number of aldehydes is 1. The minimum atomic E-state index is 0.807. The fourth-order valence-electron chi connectivity index (χ4n) is 0.936. The fourth-order valence-corrected chi connectivity index (χ4v) is 1.51. The molecule has 2 nitrogen and oxygen atoms in total. The first-order valence-corrected chi connectivity index (χ1v) is 5.61. The van der Waals surface area contributed by atoms with Crippen molar-refractivity contribution in [1.82, 2.24) is 0 Å². The van der Waals surface area contributed by atoms with E-state index in [4.69, 9.17) is 0 Å². The van der Waals surface area contributed by atoms with Gasteiger partial charge in [-0.25, -0.2) is 0 Å². The lowest BCUT2D eigenvalue weighted by Crippen LogP contribution is -1.88. The van der Waals surface area contributed by atoms with Crippen LogP contribution in [0.5, 0.6) is 0 Å². The van der Waals surface area contributed by atoms with E-state index in [1.807, 2.05) is 30.5 Å². The molecule has 0 aromatic heterocycles. The van der Waals surface area contributed by atoms with Gasteiger partial charge < -0.3 is 4.74 Å². The number of methoxy groups -OCH3 is 1. The molecule has 0 bridgehead atoms. The van der Waals surface area contributed by atoms with Crippen LogP contribution in [0.25, 0.3) is 0 Å². The van der Waals surface area contributed by atoms with Gasteiger partial charge in [-0.15, -0.1) is 0 Å². The van der Waals surface area contributed by atoms with Gasteiger partial charge in [0, 0.05) is 25.5 Å². The molecular weight excluding hydrogens is 196 g/mol. The summed E-state index contributed by atoms with van der Waals surface area (Å²) in [5.74, 6) is 0.912. The monoisotopic (exact) mass is 212 g/mol. The van der Waals surface area contributed by atoms with Crippen molar-refractivity contribution in [3.05, 3.63) is 35.4 Å². The van der Waals surface area contributed by atoms with E-state index < -0.39 is 0 Å². The van der Waals surface area contributed by atoms with E-state index in [0.717, 1.165) is 23.2 Å². The van der Waals surface area contributed by atoms with Crippen LogP contribution in [0.4, 0.5) is 0 Å². The summed E-state index contributed by atoms with van der Waals surface area (Å²) in [4.78, 5) is 10.5. The summed E-state index contributed by atoms with van der Waals surface area (Å²) in [5.41, 5.74) is 1.93. The molecule has 0 heterocycles. The van der Waals surface area contributed by atoms with Gasteiger partial charge in [0.2, 0.25) is 0 Å². The van der Waals surface area contributed by atoms with Gasteiger partial charge in [0.05, 0.1) is 0 Å². The van der Waals surface area contributed by atoms with Gasteiger partial charge in [-0.1, -0.05) is 24.3 Å². The van der Waals surface area contributed by atoms with E-state index in [-0.39, 0.29) is 0 Å². The SMILES string of the molecule is COC.CSCc1ccccc1C=O. The van der Waals surface area contributed by atoms with Crippen LogP contribution in [0.3, 0.4) is 0 Å². The van der Waals surface area contributed by atoms with Crippen molar-refractivity contribution >= 4 is 18.0 Å². The average molecular weight is 212 g/mol. The molecule has 0 unspecified atom stereocenters. The second-order valence-electron chi connectivity index (χ2n) is 2.66. The summed E-state index contributed by atoms with van der Waals surface area (Å²) in [6.45, 7) is 0. The van der Waals surface area contributed by atoms with Crippen molar-refractivity contribution in [1.29, 1.82) is 0 Å². The molecule has 0 radical (unpaired) electrons. The summed E-state index contributed by atoms with van der Waals surface area (Å²) in [6.07, 6.45) is 2.94. The molecule has 0 aliphatic rings. The van der Waals surface area contributed by atoms with Crippen LogP contribution in [0.15, 0.2) is 24.3 Å². The van der Waals surface area contributed by atoms with Crippen molar-refractivity contribution in [3.63, 3.8) is 0 Å². The van der Waals surface area contributed by atoms with Crippen LogP contribution in [0.2, 0.25) is 0 Å². The Morgan fingerprint density at radius 1 is 1.36 bits per heavy atom. The molecule has 0 saturated carbocycles. The Labute approximate surface area is 89.7 Å². The third-order valence-corrected chi connectivity index (χ3v) is 2.08. The lowest BCUT2D eigenvalue weighted by Gasteiger charge is -1.99. The Morgan fingerprint density at radius 2 is 1.93 bits per heavy atom. The van der Waals surface area contributed by atoms with Crippen LogP contribution < -0.4 is 0 Å². The molecule has 0 N–H and O–H groups in total. The predicted molar refractivity (Wildman–Crippen MR) is 62.0 cm³/mol. The maximum absolute atomic E-state index is 10.5. The third-order valence-electron chi connectivity index (χ3n) is 1.48. The molecule has 0 aliphatic heterocycles. The van der Waals surface area contributed by atoms with Crippen LogP contribution >= 0.6 is 11.8 Å². The molecule has 78 valence electrons. The van der Waals surface area contributed by atoms with Gasteiger partial charge >= 0.3 is 0 Å². The van der Waals surface area contributed by atoms with Crippen molar-refractivity contribution in [3.8, 4) is 0 Å². The molecule has 0 aliphatic carbocycles. The number of hydrogen-bond acceptors (Lipinski definition) is 3. The lowest BCUT2D eigenvalue weighted by molar-refractivity contribution is 0.112. The highest BCUT2D eigenvalue weighted by molar-refractivity contribution is 7.97. The summed E-state index contributed by atoms with van der Waals surface area (Å²) in [7, 11) is 3.25. The number of thioether (sulfide) groups is 1. The molecule has 1 rings (SSSR count). The normalized spacial score (nSPS) is 8.79. The maximum Gasteiger partial charge on any atom is 0.150 e. The minimum Gasteiger partial charge on any atom is -0.388 e. The molecule has 1 aromatic rings. The highest BCUT2D eigenvalue weighted by atomic mass is 32.2. The van der Waals surface area contributed by atoms with Crippen LogP contribution in [-0.4, -0.2) is 26.8 Å². The van der Waals surface area contributed by atoms with Crippen LogP contribution in [0.1, 0.15) is 15.9 Å². The Bertz CT molecular complexity index is 261. The topological polar surface area (TPSA) is 26.3 Å². The van der Waals surface area contributed by atoms with Gasteiger partial charge in [-0.2, -0.15) is 11.8 Å². The molecular formula is C11H16O2S. The van der Waals surface area contributed by atoms with E-state index in [1.165, 1.54) is 0 Å². The zero-order valence-electron chi connectivity index (χ0n) is 8.82. The maximum atomic E-state index is 10.5. The number of carbonyl (C=O) groups is 1. The zero-order valence-corrected chi connectivity index (χ0v) is 9.64. The van der Waals surface area contributed by atoms with Crippen LogP contribution in [0, 0.1) is 0 Å². The Morgan fingerprint density at radius 3 is 2.43 bits per heavy atom. The Kier molecular flexibility index (Phi) is 8.28. The third kappa shape index (κ3) is 5.04. The lowest BCUT2D eigenvalue weighted by atomic mass is 10.1. The Balaban J connectivity index is 0.000000500. The smallest absolute Gasteiger partial charge is 0.150 e. The van der Waals surface area contributed by atoms with Crippen LogP contribution in [-0.2, 0) is 10.5 Å². The second-order valence-corrected chi connectivity index (χ2v) is 3.52. The first-order valence-electron chi connectivity index (χ1n) is 4.22. The van der Waals surface area contributed by atoms with Gasteiger partial charge in [-0.05, 0) is 11.8 Å². The first kappa shape index (κ1) is 13.2. The van der Waals surface area contributed by atoms with E-state index in [2.05, 4.69) is 4.74 Å². The Hall–Kier alpha value is -0.800. The molecule has 0 spiro atoms. The average Bonchev–Trinajstić information content (AvgIpc) is 2.20. The highest BCUT2D eigenvalue weighted by Gasteiger charge is 1.97. The molecule has 0 atom stereocenters. The van der Waals surface area contributed by atoms with Crippen molar-refractivity contribution in [2.45, 2.75) is 5.75 Å². The highest BCUT2D eigenvalue weighted by Crippen LogP contribution is 2.12. The number of rotatable bonds is 3. The summed E-state index contributed by atoms with van der Waals surface area (Å²) >= 11 is 1.73. The van der Waals surface area contributed by atoms with E-state index >= 15 is 0 Å². The number of ether oxygens (including phenoxy) is 1. The van der Waals surface area contributed by atoms with Gasteiger partial charge in [-0.3, -0.25) is 4.79 Å². The molecule has 0 saturated heterocycles. The molecule has 0 amide bonds. The van der Waals surface area contributed by atoms with Crippen molar-refractivity contribution in [2.75, 3.05) is 20.5 Å². The van der Waals surface area contributed by atoms with E-state index in [0.29, 0.717) is 0 Å². The number of hydrogen-bond donors (Lipinski definition) is 0. The van der Waals surface area contributed by atoms with E-state index in [9.17, 15) is 4.79 Å². The molecule has 0 fully saturated rings. The van der Waals surface area contributed by atoms with Crippen molar-refractivity contribution < 1.29 is 9.53 Å². The quantitative estimate of drug-likeness (QED) is 0.720. The predicted octanol–water partition coefficient (Wildman–Crippen LogP) is 2.62. The number of benzene rings is 1. The standard InChI is InChI=1S/C9H10OS.C2H6O/c1-11-7-9-5-3-2-4-8(9)6-10;1-3-2/h2-6H,7H2,1H3;1-2H3. The van der Waals surface area contributed by atoms with E-state index in [1.54, 1.807) is 26.0 Å². The number of carbonyl (C=O) groups excluding carboxylic acids is 1. The minimum absolute atomic E-state index is 0.807. The molecule has 3 heteroatoms.